The first-order valence-corrected chi connectivity index (χ1v) is 6.02. The number of phenols is 1. The minimum Gasteiger partial charge on any atom is -0.508 e. The van der Waals surface area contributed by atoms with Gasteiger partial charge in [-0.25, -0.2) is 0 Å². The molecule has 0 heterocycles. The first-order valence-electron chi connectivity index (χ1n) is 5.64. The van der Waals surface area contributed by atoms with Crippen molar-refractivity contribution in [2.45, 2.75) is 6.92 Å². The Balaban J connectivity index is 2.28. The van der Waals surface area contributed by atoms with Crippen LogP contribution in [0.2, 0.25) is 5.02 Å². The molecule has 0 unspecified atom stereocenters. The number of amides is 1. The molecule has 0 atom stereocenters. The van der Waals surface area contributed by atoms with E-state index < -0.39 is 0 Å². The van der Waals surface area contributed by atoms with Crippen molar-refractivity contribution in [2.75, 3.05) is 11.1 Å². The highest BCUT2D eigenvalue weighted by Gasteiger charge is 2.12. The van der Waals surface area contributed by atoms with Crippen LogP contribution in [0.15, 0.2) is 36.4 Å². The third kappa shape index (κ3) is 2.80. The fourth-order valence-electron chi connectivity index (χ4n) is 1.71. The van der Waals surface area contributed by atoms with E-state index in [9.17, 15) is 9.90 Å². The molecule has 19 heavy (non-hydrogen) atoms. The molecule has 0 radical (unpaired) electrons. The van der Waals surface area contributed by atoms with Gasteiger partial charge in [-0.3, -0.25) is 4.79 Å². The Morgan fingerprint density at radius 1 is 1.32 bits per heavy atom. The summed E-state index contributed by atoms with van der Waals surface area (Å²) in [4.78, 5) is 12.1. The van der Waals surface area contributed by atoms with Crippen molar-refractivity contribution in [3.8, 4) is 5.75 Å². The SMILES string of the molecule is Cc1c(Cl)cccc1C(=O)Nc1ccc(O)cc1N. The van der Waals surface area contributed by atoms with E-state index in [0.717, 1.165) is 0 Å². The normalized spacial score (nSPS) is 10.2. The molecule has 0 saturated heterocycles. The van der Waals surface area contributed by atoms with Crippen LogP contribution < -0.4 is 11.1 Å². The highest BCUT2D eigenvalue weighted by Crippen LogP contribution is 2.25. The number of phenolic OH excluding ortho intramolecular Hbond substituents is 1. The lowest BCUT2D eigenvalue weighted by Crippen LogP contribution is -2.14. The standard InChI is InChI=1S/C14H13ClN2O2/c1-8-10(3-2-4-11(8)15)14(19)17-13-6-5-9(18)7-12(13)16/h2-7,18H,16H2,1H3,(H,17,19). The number of hydrogen-bond acceptors (Lipinski definition) is 3. The predicted molar refractivity (Wildman–Crippen MR) is 76.7 cm³/mol. The Labute approximate surface area is 115 Å². The number of nitrogens with two attached hydrogens (primary N) is 1. The molecular weight excluding hydrogens is 264 g/mol. The molecule has 4 nitrogen and oxygen atoms in total. The number of hydrogen-bond donors (Lipinski definition) is 3. The van der Waals surface area contributed by atoms with E-state index in [1.54, 1.807) is 31.2 Å². The van der Waals surface area contributed by atoms with Crippen molar-refractivity contribution >= 4 is 28.9 Å². The molecule has 0 aliphatic rings. The number of nitrogens with one attached hydrogen (secondary N) is 1. The smallest absolute Gasteiger partial charge is 0.256 e. The second-order valence-electron chi connectivity index (χ2n) is 4.14. The second kappa shape index (κ2) is 5.20. The van der Waals surface area contributed by atoms with Crippen LogP contribution in [-0.4, -0.2) is 11.0 Å². The van der Waals surface area contributed by atoms with E-state index in [1.165, 1.54) is 12.1 Å². The van der Waals surface area contributed by atoms with Gasteiger partial charge >= 0.3 is 0 Å². The molecule has 0 spiro atoms. The minimum atomic E-state index is -0.294. The summed E-state index contributed by atoms with van der Waals surface area (Å²) in [5.74, 6) is -0.244. The lowest BCUT2D eigenvalue weighted by molar-refractivity contribution is 0.102. The topological polar surface area (TPSA) is 75.3 Å². The third-order valence-corrected chi connectivity index (χ3v) is 3.21. The molecule has 0 saturated carbocycles. The van der Waals surface area contributed by atoms with Gasteiger partial charge < -0.3 is 16.2 Å². The molecule has 0 bridgehead atoms. The van der Waals surface area contributed by atoms with E-state index >= 15 is 0 Å². The Hall–Kier alpha value is -2.20. The number of rotatable bonds is 2. The molecule has 0 aromatic heterocycles. The zero-order valence-electron chi connectivity index (χ0n) is 10.3. The van der Waals surface area contributed by atoms with Crippen molar-refractivity contribution in [2.24, 2.45) is 0 Å². The maximum Gasteiger partial charge on any atom is 0.256 e. The second-order valence-corrected chi connectivity index (χ2v) is 4.55. The third-order valence-electron chi connectivity index (χ3n) is 2.80. The fourth-order valence-corrected chi connectivity index (χ4v) is 1.88. The summed E-state index contributed by atoms with van der Waals surface area (Å²) in [6.07, 6.45) is 0. The summed E-state index contributed by atoms with van der Waals surface area (Å²) in [6, 6.07) is 9.50. The summed E-state index contributed by atoms with van der Waals surface area (Å²) < 4.78 is 0. The van der Waals surface area contributed by atoms with Gasteiger partial charge in [0.05, 0.1) is 11.4 Å². The number of anilines is 2. The Bertz CT molecular complexity index is 641. The largest absolute Gasteiger partial charge is 0.508 e. The lowest BCUT2D eigenvalue weighted by Gasteiger charge is -2.10. The van der Waals surface area contributed by atoms with Gasteiger partial charge in [-0.1, -0.05) is 17.7 Å². The molecule has 2 aromatic carbocycles. The van der Waals surface area contributed by atoms with Gasteiger partial charge in [-0.15, -0.1) is 0 Å². The average Bonchev–Trinajstić information content (AvgIpc) is 2.36. The molecule has 5 heteroatoms. The summed E-state index contributed by atoms with van der Waals surface area (Å²) in [7, 11) is 0. The quantitative estimate of drug-likeness (QED) is 0.582. The van der Waals surface area contributed by atoms with Crippen LogP contribution in [-0.2, 0) is 0 Å². The van der Waals surface area contributed by atoms with Crippen molar-refractivity contribution < 1.29 is 9.90 Å². The van der Waals surface area contributed by atoms with Gasteiger partial charge in [0.25, 0.3) is 5.91 Å². The van der Waals surface area contributed by atoms with Crippen LogP contribution in [0.1, 0.15) is 15.9 Å². The van der Waals surface area contributed by atoms with Crippen molar-refractivity contribution in [1.29, 1.82) is 0 Å². The number of carbonyl (C=O) groups excluding carboxylic acids is 1. The maximum atomic E-state index is 12.1. The number of halogens is 1. The summed E-state index contributed by atoms with van der Waals surface area (Å²) in [5.41, 5.74) is 7.65. The summed E-state index contributed by atoms with van der Waals surface area (Å²) in [5, 5.41) is 12.5. The molecule has 2 rings (SSSR count). The predicted octanol–water partition coefficient (Wildman–Crippen LogP) is 3.19. The number of benzene rings is 2. The first-order chi connectivity index (χ1) is 8.99. The molecular formula is C14H13ClN2O2. The monoisotopic (exact) mass is 276 g/mol. The number of nitrogen functional groups attached to an aromatic ring is 1. The van der Waals surface area contributed by atoms with Crippen molar-refractivity contribution in [3.63, 3.8) is 0 Å². The van der Waals surface area contributed by atoms with Crippen LogP contribution in [0.4, 0.5) is 11.4 Å². The average molecular weight is 277 g/mol. The van der Waals surface area contributed by atoms with E-state index in [4.69, 9.17) is 17.3 Å². The fraction of sp³-hybridized carbons (Fsp3) is 0.0714. The minimum absolute atomic E-state index is 0.0504. The lowest BCUT2D eigenvalue weighted by atomic mass is 10.1. The zero-order chi connectivity index (χ0) is 14.0. The zero-order valence-corrected chi connectivity index (χ0v) is 11.0. The van der Waals surface area contributed by atoms with E-state index in [2.05, 4.69) is 5.32 Å². The highest BCUT2D eigenvalue weighted by molar-refractivity contribution is 6.32. The van der Waals surface area contributed by atoms with Gasteiger partial charge in [-0.05, 0) is 36.8 Å². The van der Waals surface area contributed by atoms with Crippen molar-refractivity contribution in [3.05, 3.63) is 52.5 Å². The van der Waals surface area contributed by atoms with Gasteiger partial charge in [0.2, 0.25) is 0 Å². The van der Waals surface area contributed by atoms with E-state index in [0.29, 0.717) is 27.5 Å². The Kier molecular flexibility index (Phi) is 3.62. The van der Waals surface area contributed by atoms with Crippen LogP contribution in [0.3, 0.4) is 0 Å². The van der Waals surface area contributed by atoms with Crippen LogP contribution in [0.5, 0.6) is 5.75 Å². The highest BCUT2D eigenvalue weighted by atomic mass is 35.5. The van der Waals surface area contributed by atoms with Gasteiger partial charge in [-0.2, -0.15) is 0 Å². The van der Waals surface area contributed by atoms with Gasteiger partial charge in [0.1, 0.15) is 5.75 Å². The molecule has 0 aliphatic heterocycles. The number of carbonyl (C=O) groups is 1. The molecule has 0 aliphatic carbocycles. The van der Waals surface area contributed by atoms with Crippen LogP contribution in [0.25, 0.3) is 0 Å². The molecule has 2 aromatic rings. The Morgan fingerprint density at radius 2 is 2.05 bits per heavy atom. The van der Waals surface area contributed by atoms with Gasteiger partial charge in [0.15, 0.2) is 0 Å². The molecule has 0 fully saturated rings. The first kappa shape index (κ1) is 13.2. The van der Waals surface area contributed by atoms with E-state index in [1.807, 2.05) is 0 Å². The number of aromatic hydroxyl groups is 1. The molecule has 4 N–H and O–H groups in total. The maximum absolute atomic E-state index is 12.1. The van der Waals surface area contributed by atoms with Crippen LogP contribution >= 0.6 is 11.6 Å². The van der Waals surface area contributed by atoms with Crippen molar-refractivity contribution in [1.82, 2.24) is 0 Å². The molecule has 98 valence electrons. The molecule has 1 amide bonds. The summed E-state index contributed by atoms with van der Waals surface area (Å²) in [6.45, 7) is 1.78. The Morgan fingerprint density at radius 3 is 2.74 bits per heavy atom. The van der Waals surface area contributed by atoms with E-state index in [-0.39, 0.29) is 11.7 Å². The summed E-state index contributed by atoms with van der Waals surface area (Å²) >= 11 is 5.98. The van der Waals surface area contributed by atoms with Gasteiger partial charge in [0, 0.05) is 16.7 Å². The van der Waals surface area contributed by atoms with Crippen LogP contribution in [0, 0.1) is 6.92 Å².